The number of hydrogen-bond acceptors (Lipinski definition) is 0. The molecule has 0 bridgehead atoms. The van der Waals surface area contributed by atoms with Gasteiger partial charge >= 0.3 is 0 Å². The minimum absolute atomic E-state index is 0.156. The van der Waals surface area contributed by atoms with Gasteiger partial charge in [-0.3, -0.25) is 0 Å². The molecule has 0 fully saturated rings. The zero-order valence-corrected chi connectivity index (χ0v) is 31.4. The first-order chi connectivity index (χ1) is 28.8. The maximum Gasteiger partial charge on any atom is 0.248 e. The van der Waals surface area contributed by atoms with Crippen molar-refractivity contribution in [2.24, 2.45) is 0 Å². The first kappa shape index (κ1) is 29.9. The molecule has 6 heterocycles. The van der Waals surface area contributed by atoms with Gasteiger partial charge in [0.15, 0.2) is 0 Å². The Bertz CT molecular complexity index is 3450. The monoisotopic (exact) mass is 728 g/mol. The summed E-state index contributed by atoms with van der Waals surface area (Å²) in [5.41, 5.74) is 26.8. The van der Waals surface area contributed by atoms with E-state index in [-0.39, 0.29) is 13.4 Å². The first-order valence-corrected chi connectivity index (χ1v) is 20.5. The second kappa shape index (κ2) is 10.4. The minimum Gasteiger partial charge on any atom is -0.310 e. The van der Waals surface area contributed by atoms with Gasteiger partial charge in [-0.1, -0.05) is 163 Å². The van der Waals surface area contributed by atoms with E-state index in [0.717, 1.165) is 0 Å². The van der Waals surface area contributed by atoms with Crippen molar-refractivity contribution in [1.29, 1.82) is 0 Å². The van der Waals surface area contributed by atoms with Crippen LogP contribution in [0.5, 0.6) is 0 Å². The van der Waals surface area contributed by atoms with E-state index in [2.05, 4.69) is 191 Å². The SMILES string of the molecule is c1ccc(-c2ccc3c(c2)c2ccc4c5c2n3-c2cc3c(cc2B5c2ccccc2-4)B2c4ccccc4-c4ccc5c6cc(-c7ccccc7)ccc6n-3c5c42)cc1. The van der Waals surface area contributed by atoms with Crippen LogP contribution < -0.4 is 32.8 Å². The molecule has 0 aliphatic carbocycles. The third kappa shape index (κ3) is 3.47. The molecule has 0 atom stereocenters. The number of benzene rings is 9. The van der Waals surface area contributed by atoms with Crippen molar-refractivity contribution in [3.8, 4) is 55.9 Å². The molecule has 0 saturated heterocycles. The molecular formula is C54H30B2N2. The smallest absolute Gasteiger partial charge is 0.248 e. The molecule has 0 saturated carbocycles. The molecule has 0 spiro atoms. The average molecular weight is 728 g/mol. The van der Waals surface area contributed by atoms with E-state index in [1.165, 1.54) is 132 Å². The normalized spacial score (nSPS) is 13.4. The van der Waals surface area contributed by atoms with Gasteiger partial charge < -0.3 is 9.13 Å². The van der Waals surface area contributed by atoms with Gasteiger partial charge in [-0.25, -0.2) is 0 Å². The number of fused-ring (bicyclic) bond motifs is 18. The Labute approximate surface area is 335 Å². The van der Waals surface area contributed by atoms with Crippen LogP contribution in [0.25, 0.3) is 99.5 Å². The lowest BCUT2D eigenvalue weighted by Gasteiger charge is -2.31. The van der Waals surface area contributed by atoms with Crippen LogP contribution in [0.3, 0.4) is 0 Å². The Balaban J connectivity index is 1.09. The standard InChI is InChI=1S/C54H30B2N2/c1-3-11-31(12-4-1)33-19-25-47-41(27-33)39-23-21-37-35-15-7-9-17-43(35)55-45-29-46-50(30-49(45)57(47)53(39)51(37)55)58-48-26-20-34(32-13-5-2-6-14-32)28-42(48)40-24-22-38-36-16-8-10-18-44(36)56(46)52(38)54(40)58/h1-30H. The largest absolute Gasteiger partial charge is 0.310 e. The zero-order chi connectivity index (χ0) is 37.4. The van der Waals surface area contributed by atoms with E-state index in [1.807, 2.05) is 0 Å². The van der Waals surface area contributed by atoms with E-state index in [4.69, 9.17) is 0 Å². The maximum absolute atomic E-state index is 2.63. The van der Waals surface area contributed by atoms with Gasteiger partial charge in [0.2, 0.25) is 13.4 Å². The number of rotatable bonds is 2. The molecule has 58 heavy (non-hydrogen) atoms. The van der Waals surface area contributed by atoms with Crippen LogP contribution in [0, 0.1) is 0 Å². The van der Waals surface area contributed by atoms with E-state index in [0.29, 0.717) is 0 Å². The second-order valence-corrected chi connectivity index (χ2v) is 16.7. The molecule has 0 unspecified atom stereocenters. The fraction of sp³-hybridized carbons (Fsp3) is 0. The van der Waals surface area contributed by atoms with Crippen molar-refractivity contribution in [2.45, 2.75) is 0 Å². The van der Waals surface area contributed by atoms with Gasteiger partial charge in [0.1, 0.15) is 0 Å². The van der Waals surface area contributed by atoms with Gasteiger partial charge in [-0.2, -0.15) is 0 Å². The van der Waals surface area contributed by atoms with E-state index >= 15 is 0 Å². The number of aromatic nitrogens is 2. The summed E-state index contributed by atoms with van der Waals surface area (Å²) in [4.78, 5) is 0. The number of nitrogens with zero attached hydrogens (tertiary/aromatic N) is 2. The van der Waals surface area contributed by atoms with Gasteiger partial charge in [0.05, 0.1) is 11.0 Å². The summed E-state index contributed by atoms with van der Waals surface area (Å²) >= 11 is 0. The summed E-state index contributed by atoms with van der Waals surface area (Å²) in [6, 6.07) is 69.0. The summed E-state index contributed by atoms with van der Waals surface area (Å²) in [6.07, 6.45) is 0. The van der Waals surface area contributed by atoms with E-state index < -0.39 is 0 Å². The maximum atomic E-state index is 2.63. The van der Waals surface area contributed by atoms with Crippen LogP contribution in [0.1, 0.15) is 0 Å². The van der Waals surface area contributed by atoms with Crippen molar-refractivity contribution in [1.82, 2.24) is 9.13 Å². The summed E-state index contributed by atoms with van der Waals surface area (Å²) in [7, 11) is 0. The van der Waals surface area contributed by atoms with Crippen molar-refractivity contribution in [3.05, 3.63) is 182 Å². The molecule has 2 nitrogen and oxygen atoms in total. The molecule has 15 rings (SSSR count). The van der Waals surface area contributed by atoms with Crippen LogP contribution in [-0.4, -0.2) is 22.6 Å². The van der Waals surface area contributed by atoms with Gasteiger partial charge in [-0.05, 0) is 96.7 Å². The molecule has 9 aromatic carbocycles. The summed E-state index contributed by atoms with van der Waals surface area (Å²) in [5.74, 6) is 0. The van der Waals surface area contributed by atoms with Crippen LogP contribution >= 0.6 is 0 Å². The molecule has 262 valence electrons. The lowest BCUT2D eigenvalue weighted by molar-refractivity contribution is 1.15. The van der Waals surface area contributed by atoms with Crippen LogP contribution in [-0.2, 0) is 0 Å². The zero-order valence-electron chi connectivity index (χ0n) is 31.4. The highest BCUT2D eigenvalue weighted by molar-refractivity contribution is 7.04. The van der Waals surface area contributed by atoms with Crippen LogP contribution in [0.4, 0.5) is 0 Å². The van der Waals surface area contributed by atoms with Crippen molar-refractivity contribution >= 4 is 89.8 Å². The highest BCUT2D eigenvalue weighted by Gasteiger charge is 2.45. The minimum atomic E-state index is 0.156. The number of hydrogen-bond donors (Lipinski definition) is 0. The quantitative estimate of drug-likeness (QED) is 0.158. The second-order valence-electron chi connectivity index (χ2n) is 16.7. The van der Waals surface area contributed by atoms with Gasteiger partial charge in [0.25, 0.3) is 0 Å². The predicted octanol–water partition coefficient (Wildman–Crippen LogP) is 8.83. The molecule has 0 radical (unpaired) electrons. The topological polar surface area (TPSA) is 9.86 Å². The molecule has 0 amide bonds. The lowest BCUT2D eigenvalue weighted by atomic mass is 9.34. The highest BCUT2D eigenvalue weighted by Crippen LogP contribution is 2.43. The van der Waals surface area contributed by atoms with Crippen LogP contribution in [0.2, 0.25) is 0 Å². The fourth-order valence-corrected chi connectivity index (χ4v) is 11.8. The Hall–Kier alpha value is -7.29. The van der Waals surface area contributed by atoms with Crippen molar-refractivity contribution in [3.63, 3.8) is 0 Å². The summed E-state index contributed by atoms with van der Waals surface area (Å²) < 4.78 is 5.25. The molecular weight excluding hydrogens is 698 g/mol. The van der Waals surface area contributed by atoms with E-state index in [1.54, 1.807) is 0 Å². The summed E-state index contributed by atoms with van der Waals surface area (Å²) in [6.45, 7) is 0.312. The Kier molecular flexibility index (Phi) is 5.34. The summed E-state index contributed by atoms with van der Waals surface area (Å²) in [5, 5.41) is 5.27. The fourth-order valence-electron chi connectivity index (χ4n) is 11.8. The average Bonchev–Trinajstić information content (AvgIpc) is 4.01. The van der Waals surface area contributed by atoms with Crippen molar-refractivity contribution < 1.29 is 0 Å². The van der Waals surface area contributed by atoms with Gasteiger partial charge in [0, 0.05) is 44.0 Å². The predicted molar refractivity (Wildman–Crippen MR) is 246 cm³/mol. The highest BCUT2D eigenvalue weighted by atomic mass is 15.0. The molecule has 4 aliphatic heterocycles. The lowest BCUT2D eigenvalue weighted by Crippen LogP contribution is -2.58. The third-order valence-electron chi connectivity index (χ3n) is 14.1. The Morgan fingerprint density at radius 2 is 0.741 bits per heavy atom. The van der Waals surface area contributed by atoms with Crippen molar-refractivity contribution in [2.75, 3.05) is 0 Å². The molecule has 2 aromatic heterocycles. The Morgan fingerprint density at radius 3 is 1.22 bits per heavy atom. The molecule has 4 heteroatoms. The van der Waals surface area contributed by atoms with Gasteiger partial charge in [-0.15, -0.1) is 0 Å². The Morgan fingerprint density at radius 1 is 0.293 bits per heavy atom. The molecule has 0 N–H and O–H groups in total. The van der Waals surface area contributed by atoms with E-state index in [9.17, 15) is 0 Å². The molecule has 11 aromatic rings. The first-order valence-electron chi connectivity index (χ1n) is 20.5. The molecule has 4 aliphatic rings. The third-order valence-corrected chi connectivity index (χ3v) is 14.1. The van der Waals surface area contributed by atoms with Crippen LogP contribution in [0.15, 0.2) is 182 Å².